The SMILES string of the molecule is COc1cc(CO)cc(OC)c1/C=C/c1ccc(/C=C/C2=C(C#N)C(=C(C#N)C#N)OC2(C)c2ccccc2)s1. The molecule has 1 aromatic heterocycles. The molecule has 198 valence electrons. The molecule has 7 nitrogen and oxygen atoms in total. The third-order valence-electron chi connectivity index (χ3n) is 6.47. The first-order valence-corrected chi connectivity index (χ1v) is 13.0. The van der Waals surface area contributed by atoms with Crippen LogP contribution in [-0.4, -0.2) is 19.3 Å². The van der Waals surface area contributed by atoms with Gasteiger partial charge in [0.2, 0.25) is 0 Å². The average Bonchev–Trinajstić information content (AvgIpc) is 3.57. The van der Waals surface area contributed by atoms with Crippen molar-refractivity contribution in [2.75, 3.05) is 14.2 Å². The summed E-state index contributed by atoms with van der Waals surface area (Å²) in [4.78, 5) is 1.89. The molecule has 0 amide bonds. The largest absolute Gasteiger partial charge is 0.496 e. The Labute approximate surface area is 237 Å². The maximum absolute atomic E-state index is 10.0. The first kappa shape index (κ1) is 28.0. The third-order valence-corrected chi connectivity index (χ3v) is 7.48. The van der Waals surface area contributed by atoms with Gasteiger partial charge in [0.25, 0.3) is 0 Å². The van der Waals surface area contributed by atoms with Gasteiger partial charge in [0, 0.05) is 15.3 Å². The van der Waals surface area contributed by atoms with Crippen LogP contribution in [0.5, 0.6) is 11.5 Å². The Bertz CT molecular complexity index is 1640. The molecule has 0 saturated heterocycles. The fourth-order valence-electron chi connectivity index (χ4n) is 4.42. The Kier molecular flexibility index (Phi) is 8.52. The number of ether oxygens (including phenoxy) is 3. The number of nitrogens with zero attached hydrogens (tertiary/aromatic N) is 3. The van der Waals surface area contributed by atoms with Crippen molar-refractivity contribution in [2.45, 2.75) is 19.1 Å². The van der Waals surface area contributed by atoms with Gasteiger partial charge in [0.15, 0.2) is 16.9 Å². The minimum Gasteiger partial charge on any atom is -0.496 e. The zero-order valence-corrected chi connectivity index (χ0v) is 23.0. The van der Waals surface area contributed by atoms with Crippen molar-refractivity contribution in [3.05, 3.63) is 110 Å². The van der Waals surface area contributed by atoms with E-state index >= 15 is 0 Å². The smallest absolute Gasteiger partial charge is 0.172 e. The van der Waals surface area contributed by atoms with E-state index in [2.05, 4.69) is 6.07 Å². The van der Waals surface area contributed by atoms with E-state index in [1.54, 1.807) is 26.4 Å². The van der Waals surface area contributed by atoms with Crippen molar-refractivity contribution in [3.8, 4) is 29.7 Å². The quantitative estimate of drug-likeness (QED) is 0.319. The summed E-state index contributed by atoms with van der Waals surface area (Å²) in [7, 11) is 3.14. The first-order chi connectivity index (χ1) is 19.4. The van der Waals surface area contributed by atoms with Crippen LogP contribution in [0.2, 0.25) is 0 Å². The summed E-state index contributed by atoms with van der Waals surface area (Å²) < 4.78 is 17.2. The zero-order chi connectivity index (χ0) is 28.7. The van der Waals surface area contributed by atoms with Gasteiger partial charge in [0.05, 0.1) is 26.4 Å². The molecular formula is C32H25N3O4S. The Balaban J connectivity index is 1.71. The summed E-state index contributed by atoms with van der Waals surface area (Å²) in [5.74, 6) is 1.17. The van der Waals surface area contributed by atoms with Gasteiger partial charge in [-0.2, -0.15) is 15.8 Å². The number of hydrogen-bond acceptors (Lipinski definition) is 8. The van der Waals surface area contributed by atoms with E-state index < -0.39 is 5.60 Å². The van der Waals surface area contributed by atoms with Crippen LogP contribution < -0.4 is 9.47 Å². The molecule has 0 spiro atoms. The molecule has 0 fully saturated rings. The number of rotatable bonds is 8. The lowest BCUT2D eigenvalue weighted by atomic mass is 9.86. The number of methoxy groups -OCH3 is 2. The van der Waals surface area contributed by atoms with E-state index in [0.29, 0.717) is 22.6 Å². The van der Waals surface area contributed by atoms with Crippen LogP contribution in [0.1, 0.15) is 33.4 Å². The molecule has 1 N–H and O–H groups in total. The molecular weight excluding hydrogens is 522 g/mol. The normalized spacial score (nSPS) is 16.5. The number of nitriles is 3. The van der Waals surface area contributed by atoms with E-state index in [-0.39, 0.29) is 23.5 Å². The summed E-state index contributed by atoms with van der Waals surface area (Å²) in [5, 5.41) is 38.5. The topological polar surface area (TPSA) is 119 Å². The van der Waals surface area contributed by atoms with Gasteiger partial charge >= 0.3 is 0 Å². The van der Waals surface area contributed by atoms with Crippen LogP contribution in [0.3, 0.4) is 0 Å². The highest BCUT2D eigenvalue weighted by Gasteiger charge is 2.43. The molecule has 40 heavy (non-hydrogen) atoms. The average molecular weight is 548 g/mol. The van der Waals surface area contributed by atoms with Crippen molar-refractivity contribution >= 4 is 29.6 Å². The Hall–Kier alpha value is -5.07. The minimum absolute atomic E-state index is 0.0107. The minimum atomic E-state index is -1.06. The highest BCUT2D eigenvalue weighted by Crippen LogP contribution is 2.47. The first-order valence-electron chi connectivity index (χ1n) is 12.2. The lowest BCUT2D eigenvalue weighted by molar-refractivity contribution is 0.0755. The van der Waals surface area contributed by atoms with E-state index in [4.69, 9.17) is 14.2 Å². The monoisotopic (exact) mass is 547 g/mol. The zero-order valence-electron chi connectivity index (χ0n) is 22.1. The highest BCUT2D eigenvalue weighted by molar-refractivity contribution is 7.13. The molecule has 0 bridgehead atoms. The highest BCUT2D eigenvalue weighted by atomic mass is 32.1. The van der Waals surface area contributed by atoms with Gasteiger partial charge in [-0.05, 0) is 60.5 Å². The summed E-state index contributed by atoms with van der Waals surface area (Å²) >= 11 is 1.53. The van der Waals surface area contributed by atoms with Crippen molar-refractivity contribution in [1.82, 2.24) is 0 Å². The van der Waals surface area contributed by atoms with Crippen molar-refractivity contribution in [1.29, 1.82) is 15.8 Å². The molecule has 1 unspecified atom stereocenters. The second-order valence-corrected chi connectivity index (χ2v) is 9.96. The van der Waals surface area contributed by atoms with E-state index in [1.165, 1.54) is 11.3 Å². The molecule has 8 heteroatoms. The van der Waals surface area contributed by atoms with Crippen LogP contribution in [0.4, 0.5) is 0 Å². The second-order valence-electron chi connectivity index (χ2n) is 8.81. The van der Waals surface area contributed by atoms with Crippen molar-refractivity contribution < 1.29 is 19.3 Å². The maximum Gasteiger partial charge on any atom is 0.172 e. The van der Waals surface area contributed by atoms with Crippen molar-refractivity contribution in [3.63, 3.8) is 0 Å². The maximum atomic E-state index is 10.0. The van der Waals surface area contributed by atoms with Crippen LogP contribution >= 0.6 is 11.3 Å². The molecule has 0 aliphatic carbocycles. The molecule has 0 radical (unpaired) electrons. The predicted molar refractivity (Wildman–Crippen MR) is 154 cm³/mol. The molecule has 0 saturated carbocycles. The number of hydrogen-bond donors (Lipinski definition) is 1. The van der Waals surface area contributed by atoms with Crippen LogP contribution in [0.25, 0.3) is 18.2 Å². The Morgan fingerprint density at radius 1 is 0.925 bits per heavy atom. The molecule has 4 rings (SSSR count). The third kappa shape index (κ3) is 5.39. The summed E-state index contributed by atoms with van der Waals surface area (Å²) in [6, 6.07) is 22.7. The van der Waals surface area contributed by atoms with Gasteiger partial charge in [-0.1, -0.05) is 36.4 Å². The van der Waals surface area contributed by atoms with Crippen LogP contribution in [-0.2, 0) is 16.9 Å². The summed E-state index contributed by atoms with van der Waals surface area (Å²) in [6.45, 7) is 1.70. The number of thiophene rings is 1. The van der Waals surface area contributed by atoms with Crippen LogP contribution in [0.15, 0.2) is 83.2 Å². The number of benzene rings is 2. The Morgan fingerprint density at radius 2 is 1.52 bits per heavy atom. The fourth-order valence-corrected chi connectivity index (χ4v) is 5.24. The fraction of sp³-hybridized carbons (Fsp3) is 0.156. The standard InChI is InChI=1S/C32H25N3O4S/c1-32(23-7-5-4-6-8-23)28(27(19-35)31(39-32)22(17-33)18-34)14-12-25-10-9-24(40-25)11-13-26-29(37-2)15-21(20-36)16-30(26)38-3/h4-16,36H,20H2,1-3H3/b13-11+,14-12+. The predicted octanol–water partition coefficient (Wildman–Crippen LogP) is 6.51. The number of allylic oxidation sites excluding steroid dienone is 2. The van der Waals surface area contributed by atoms with Gasteiger partial charge in [0.1, 0.15) is 35.3 Å². The Morgan fingerprint density at radius 3 is 2.05 bits per heavy atom. The molecule has 1 aliphatic rings. The van der Waals surface area contributed by atoms with Gasteiger partial charge in [-0.3, -0.25) is 0 Å². The molecule has 2 aromatic carbocycles. The van der Waals surface area contributed by atoms with E-state index in [1.807, 2.05) is 85.8 Å². The van der Waals surface area contributed by atoms with Gasteiger partial charge < -0.3 is 19.3 Å². The lowest BCUT2D eigenvalue weighted by Gasteiger charge is -2.27. The van der Waals surface area contributed by atoms with Gasteiger partial charge in [-0.15, -0.1) is 11.3 Å². The van der Waals surface area contributed by atoms with Gasteiger partial charge in [-0.25, -0.2) is 0 Å². The molecule has 3 aromatic rings. The molecule has 1 atom stereocenters. The summed E-state index contributed by atoms with van der Waals surface area (Å²) in [6.07, 6.45) is 7.54. The van der Waals surface area contributed by atoms with Crippen molar-refractivity contribution in [2.24, 2.45) is 0 Å². The number of aliphatic hydroxyl groups excluding tert-OH is 1. The van der Waals surface area contributed by atoms with E-state index in [0.717, 1.165) is 20.9 Å². The molecule has 2 heterocycles. The van der Waals surface area contributed by atoms with Crippen LogP contribution in [0, 0.1) is 34.0 Å². The summed E-state index contributed by atoms with van der Waals surface area (Å²) in [5.41, 5.74) is 1.63. The second kappa shape index (κ2) is 12.2. The number of aliphatic hydroxyl groups is 1. The van der Waals surface area contributed by atoms with E-state index in [9.17, 15) is 20.9 Å². The molecule has 1 aliphatic heterocycles. The lowest BCUT2D eigenvalue weighted by Crippen LogP contribution is -2.23.